The number of aromatic hydroxyl groups is 1. The van der Waals surface area contributed by atoms with E-state index in [1.807, 2.05) is 54.6 Å². The molecule has 0 aliphatic heterocycles. The summed E-state index contributed by atoms with van der Waals surface area (Å²) in [5, 5.41) is 17.6. The molecule has 0 atom stereocenters. The molecular weight excluding hydrogens is 348 g/mol. The van der Waals surface area contributed by atoms with E-state index in [0.29, 0.717) is 11.1 Å². The zero-order valence-corrected chi connectivity index (χ0v) is 15.0. The molecule has 4 heteroatoms. The highest BCUT2D eigenvalue weighted by atomic mass is 16.3. The summed E-state index contributed by atoms with van der Waals surface area (Å²) < 4.78 is 0. The van der Waals surface area contributed by atoms with Gasteiger partial charge in [0.1, 0.15) is 5.75 Å². The van der Waals surface area contributed by atoms with Crippen LogP contribution in [0.25, 0.3) is 28.5 Å². The molecular formula is C24H18N2O2. The third kappa shape index (κ3) is 3.48. The van der Waals surface area contributed by atoms with Crippen LogP contribution < -0.4 is 0 Å². The quantitative estimate of drug-likeness (QED) is 0.370. The number of hydrogen-bond acceptors (Lipinski definition) is 3. The van der Waals surface area contributed by atoms with E-state index in [1.165, 1.54) is 0 Å². The van der Waals surface area contributed by atoms with E-state index in [9.17, 15) is 9.90 Å². The zero-order valence-electron chi connectivity index (χ0n) is 15.0. The van der Waals surface area contributed by atoms with Gasteiger partial charge in [0.25, 0.3) is 0 Å². The highest BCUT2D eigenvalue weighted by molar-refractivity contribution is 6.07. The van der Waals surface area contributed by atoms with Gasteiger partial charge >= 0.3 is 0 Å². The van der Waals surface area contributed by atoms with Crippen molar-refractivity contribution in [3.63, 3.8) is 0 Å². The number of ketones is 1. The number of rotatable bonds is 5. The van der Waals surface area contributed by atoms with Crippen molar-refractivity contribution in [2.45, 2.75) is 0 Å². The lowest BCUT2D eigenvalue weighted by molar-refractivity contribution is 0.104. The van der Waals surface area contributed by atoms with Crippen LogP contribution >= 0.6 is 0 Å². The van der Waals surface area contributed by atoms with Crippen LogP contribution in [0, 0.1) is 0 Å². The molecule has 28 heavy (non-hydrogen) atoms. The molecule has 136 valence electrons. The summed E-state index contributed by atoms with van der Waals surface area (Å²) in [6.07, 6.45) is 4.99. The fraction of sp³-hybridized carbons (Fsp3) is 0. The smallest absolute Gasteiger partial charge is 0.185 e. The van der Waals surface area contributed by atoms with Gasteiger partial charge in [0.05, 0.1) is 5.69 Å². The number of carbonyl (C=O) groups is 1. The molecule has 0 aliphatic carbocycles. The lowest BCUT2D eigenvalue weighted by atomic mass is 9.92. The van der Waals surface area contributed by atoms with E-state index >= 15 is 0 Å². The molecule has 1 aromatic heterocycles. The van der Waals surface area contributed by atoms with Crippen molar-refractivity contribution in [3.05, 3.63) is 102 Å². The maximum atomic E-state index is 12.5. The second-order valence-corrected chi connectivity index (χ2v) is 6.32. The molecule has 1 heterocycles. The molecule has 4 rings (SSSR count). The Kier molecular flexibility index (Phi) is 4.85. The van der Waals surface area contributed by atoms with Crippen molar-refractivity contribution in [2.75, 3.05) is 0 Å². The number of nitrogens with one attached hydrogen (secondary N) is 1. The van der Waals surface area contributed by atoms with Crippen LogP contribution in [-0.4, -0.2) is 21.1 Å². The van der Waals surface area contributed by atoms with Gasteiger partial charge in [0.2, 0.25) is 0 Å². The standard InChI is InChI=1S/C24H18N2O2/c27-21(17-7-3-1-4-8-17)13-11-19-12-14-22(28)24(18-9-5-2-6-10-18)23(19)20-15-16-25-26-20/h1-16,28H,(H,25,26). The monoisotopic (exact) mass is 366 g/mol. The predicted molar refractivity (Wildman–Crippen MR) is 111 cm³/mol. The minimum absolute atomic E-state index is 0.0782. The first-order valence-corrected chi connectivity index (χ1v) is 8.92. The van der Waals surface area contributed by atoms with Gasteiger partial charge < -0.3 is 5.11 Å². The Hall–Kier alpha value is -3.92. The third-order valence-corrected chi connectivity index (χ3v) is 4.52. The summed E-state index contributed by atoms with van der Waals surface area (Å²) in [7, 11) is 0. The second-order valence-electron chi connectivity index (χ2n) is 6.32. The fourth-order valence-corrected chi connectivity index (χ4v) is 3.19. The maximum Gasteiger partial charge on any atom is 0.185 e. The van der Waals surface area contributed by atoms with Crippen LogP contribution in [-0.2, 0) is 0 Å². The van der Waals surface area contributed by atoms with Crippen LogP contribution in [0.2, 0.25) is 0 Å². The summed E-state index contributed by atoms with van der Waals surface area (Å²) in [6.45, 7) is 0. The van der Waals surface area contributed by atoms with Crippen molar-refractivity contribution in [1.82, 2.24) is 10.2 Å². The topological polar surface area (TPSA) is 66.0 Å². The third-order valence-electron chi connectivity index (χ3n) is 4.52. The van der Waals surface area contributed by atoms with Gasteiger partial charge in [-0.15, -0.1) is 0 Å². The average Bonchev–Trinajstić information content (AvgIpc) is 3.28. The second kappa shape index (κ2) is 7.76. The molecule has 0 bridgehead atoms. The summed E-state index contributed by atoms with van der Waals surface area (Å²) in [6, 6.07) is 24.1. The van der Waals surface area contributed by atoms with E-state index in [2.05, 4.69) is 10.2 Å². The first kappa shape index (κ1) is 17.5. The highest BCUT2D eigenvalue weighted by Gasteiger charge is 2.16. The van der Waals surface area contributed by atoms with Gasteiger partial charge in [-0.3, -0.25) is 9.89 Å². The largest absolute Gasteiger partial charge is 0.507 e. The summed E-state index contributed by atoms with van der Waals surface area (Å²) >= 11 is 0. The van der Waals surface area contributed by atoms with E-state index < -0.39 is 0 Å². The molecule has 0 fully saturated rings. The lowest BCUT2D eigenvalue weighted by Gasteiger charge is -2.14. The van der Waals surface area contributed by atoms with Crippen LogP contribution in [0.4, 0.5) is 0 Å². The number of aromatic nitrogens is 2. The van der Waals surface area contributed by atoms with E-state index in [1.54, 1.807) is 42.6 Å². The number of aromatic amines is 1. The fourth-order valence-electron chi connectivity index (χ4n) is 3.19. The van der Waals surface area contributed by atoms with E-state index in [0.717, 1.165) is 22.4 Å². The van der Waals surface area contributed by atoms with Gasteiger partial charge in [-0.2, -0.15) is 5.10 Å². The number of phenols is 1. The normalized spacial score (nSPS) is 11.0. The van der Waals surface area contributed by atoms with Gasteiger partial charge in [-0.25, -0.2) is 0 Å². The number of hydrogen-bond donors (Lipinski definition) is 2. The molecule has 0 radical (unpaired) electrons. The maximum absolute atomic E-state index is 12.5. The number of nitrogens with zero attached hydrogens (tertiary/aromatic N) is 1. The van der Waals surface area contributed by atoms with Gasteiger partial charge in [0, 0.05) is 22.9 Å². The Morgan fingerprint density at radius 2 is 1.57 bits per heavy atom. The Labute approximate surface area is 162 Å². The van der Waals surface area contributed by atoms with Crippen molar-refractivity contribution in [1.29, 1.82) is 0 Å². The minimum Gasteiger partial charge on any atom is -0.507 e. The molecule has 0 spiro atoms. The number of benzene rings is 3. The predicted octanol–water partition coefficient (Wildman–Crippen LogP) is 5.35. The van der Waals surface area contributed by atoms with Crippen molar-refractivity contribution >= 4 is 11.9 Å². The Morgan fingerprint density at radius 1 is 0.857 bits per heavy atom. The Bertz CT molecular complexity index is 1120. The average molecular weight is 366 g/mol. The molecule has 0 amide bonds. The molecule has 0 aliphatic rings. The molecule has 0 saturated heterocycles. The van der Waals surface area contributed by atoms with Crippen LogP contribution in [0.5, 0.6) is 5.75 Å². The summed E-state index contributed by atoms with van der Waals surface area (Å²) in [5.74, 6) is 0.0906. The number of phenolic OH excluding ortho intramolecular Hbond substituents is 1. The van der Waals surface area contributed by atoms with Gasteiger partial charge in [-0.05, 0) is 29.3 Å². The highest BCUT2D eigenvalue weighted by Crippen LogP contribution is 2.40. The van der Waals surface area contributed by atoms with E-state index in [-0.39, 0.29) is 11.5 Å². The van der Waals surface area contributed by atoms with Gasteiger partial charge in [0.15, 0.2) is 5.78 Å². The van der Waals surface area contributed by atoms with Crippen LogP contribution in [0.1, 0.15) is 15.9 Å². The van der Waals surface area contributed by atoms with Crippen LogP contribution in [0.15, 0.2) is 91.1 Å². The number of allylic oxidation sites excluding steroid dienone is 1. The molecule has 4 nitrogen and oxygen atoms in total. The summed E-state index contributed by atoms with van der Waals surface area (Å²) in [5.41, 5.74) is 4.57. The van der Waals surface area contributed by atoms with Crippen LogP contribution in [0.3, 0.4) is 0 Å². The number of H-pyrrole nitrogens is 1. The molecule has 4 aromatic rings. The van der Waals surface area contributed by atoms with Gasteiger partial charge in [-0.1, -0.05) is 72.8 Å². The minimum atomic E-state index is -0.0782. The Morgan fingerprint density at radius 3 is 2.25 bits per heavy atom. The SMILES string of the molecule is O=C(C=Cc1ccc(O)c(-c2ccccc2)c1-c1ccn[nH]1)c1ccccc1. The molecule has 0 unspecified atom stereocenters. The van der Waals surface area contributed by atoms with Crippen molar-refractivity contribution in [3.8, 4) is 28.1 Å². The lowest BCUT2D eigenvalue weighted by Crippen LogP contribution is -1.94. The zero-order chi connectivity index (χ0) is 19.3. The molecule has 3 aromatic carbocycles. The first-order valence-electron chi connectivity index (χ1n) is 8.92. The van der Waals surface area contributed by atoms with Crippen molar-refractivity contribution in [2.24, 2.45) is 0 Å². The van der Waals surface area contributed by atoms with Crippen molar-refractivity contribution < 1.29 is 9.90 Å². The number of carbonyl (C=O) groups excluding carboxylic acids is 1. The Balaban J connectivity index is 1.84. The molecule has 0 saturated carbocycles. The molecule has 2 N–H and O–H groups in total. The van der Waals surface area contributed by atoms with E-state index in [4.69, 9.17) is 0 Å². The first-order chi connectivity index (χ1) is 13.7. The summed E-state index contributed by atoms with van der Waals surface area (Å²) in [4.78, 5) is 12.5.